The standard InChI is InChI=1S/C12H18N2O4S2/c1-9-7-10(4-5-12(9)13)20(17,18)14-8-11-3-2-6-19(11,15)16/h4-5,7,11,14H,2-3,6,8,13H2,1H3. The van der Waals surface area contributed by atoms with Crippen LogP contribution in [0.3, 0.4) is 0 Å². The Morgan fingerprint density at radius 3 is 2.65 bits per heavy atom. The summed E-state index contributed by atoms with van der Waals surface area (Å²) in [7, 11) is -6.86. The van der Waals surface area contributed by atoms with Crippen molar-refractivity contribution in [3.8, 4) is 0 Å². The van der Waals surface area contributed by atoms with Gasteiger partial charge in [-0.25, -0.2) is 21.6 Å². The van der Waals surface area contributed by atoms with Crippen molar-refractivity contribution in [2.24, 2.45) is 0 Å². The van der Waals surface area contributed by atoms with E-state index in [1.807, 2.05) is 0 Å². The number of sulfonamides is 1. The first-order valence-electron chi connectivity index (χ1n) is 6.30. The van der Waals surface area contributed by atoms with Gasteiger partial charge in [0.25, 0.3) is 0 Å². The maximum absolute atomic E-state index is 12.1. The highest BCUT2D eigenvalue weighted by atomic mass is 32.2. The maximum atomic E-state index is 12.1. The van der Waals surface area contributed by atoms with Crippen LogP contribution in [-0.4, -0.2) is 34.4 Å². The van der Waals surface area contributed by atoms with E-state index in [4.69, 9.17) is 5.73 Å². The topological polar surface area (TPSA) is 106 Å². The van der Waals surface area contributed by atoms with E-state index in [9.17, 15) is 16.8 Å². The molecule has 20 heavy (non-hydrogen) atoms. The second-order valence-electron chi connectivity index (χ2n) is 5.00. The number of benzene rings is 1. The molecule has 1 aliphatic heterocycles. The highest BCUT2D eigenvalue weighted by Crippen LogP contribution is 2.21. The summed E-state index contributed by atoms with van der Waals surface area (Å²) < 4.78 is 49.9. The van der Waals surface area contributed by atoms with Crippen LogP contribution in [0.15, 0.2) is 23.1 Å². The van der Waals surface area contributed by atoms with Gasteiger partial charge in [-0.3, -0.25) is 0 Å². The van der Waals surface area contributed by atoms with Gasteiger partial charge >= 0.3 is 0 Å². The van der Waals surface area contributed by atoms with E-state index in [0.29, 0.717) is 24.1 Å². The summed E-state index contributed by atoms with van der Waals surface area (Å²) in [4.78, 5) is 0.0968. The number of aryl methyl sites for hydroxylation is 1. The fourth-order valence-corrected chi connectivity index (χ4v) is 5.23. The van der Waals surface area contributed by atoms with Gasteiger partial charge in [0.15, 0.2) is 9.84 Å². The summed E-state index contributed by atoms with van der Waals surface area (Å²) in [5.41, 5.74) is 6.83. The maximum Gasteiger partial charge on any atom is 0.240 e. The third-order valence-electron chi connectivity index (χ3n) is 3.52. The molecule has 1 fully saturated rings. The van der Waals surface area contributed by atoms with E-state index < -0.39 is 25.1 Å². The van der Waals surface area contributed by atoms with Crippen molar-refractivity contribution in [3.63, 3.8) is 0 Å². The van der Waals surface area contributed by atoms with Crippen LogP contribution in [-0.2, 0) is 19.9 Å². The SMILES string of the molecule is Cc1cc(S(=O)(=O)NCC2CCCS2(=O)=O)ccc1N. The number of nitrogens with two attached hydrogens (primary N) is 1. The van der Waals surface area contributed by atoms with Crippen molar-refractivity contribution in [1.29, 1.82) is 0 Å². The number of nitrogen functional groups attached to an aromatic ring is 1. The number of sulfone groups is 1. The minimum Gasteiger partial charge on any atom is -0.399 e. The minimum absolute atomic E-state index is 0.0753. The van der Waals surface area contributed by atoms with Crippen LogP contribution in [0.4, 0.5) is 5.69 Å². The van der Waals surface area contributed by atoms with Crippen LogP contribution in [0, 0.1) is 6.92 Å². The van der Waals surface area contributed by atoms with Gasteiger partial charge in [-0.15, -0.1) is 0 Å². The van der Waals surface area contributed by atoms with E-state index in [1.54, 1.807) is 6.92 Å². The molecule has 1 saturated heterocycles. The number of rotatable bonds is 4. The van der Waals surface area contributed by atoms with Crippen LogP contribution in [0.25, 0.3) is 0 Å². The molecule has 0 aliphatic carbocycles. The summed E-state index contributed by atoms with van der Waals surface area (Å²) in [6.45, 7) is 1.64. The first-order valence-corrected chi connectivity index (χ1v) is 9.49. The molecule has 1 aliphatic rings. The Morgan fingerprint density at radius 1 is 1.40 bits per heavy atom. The van der Waals surface area contributed by atoms with Gasteiger partial charge in [0, 0.05) is 12.2 Å². The zero-order valence-corrected chi connectivity index (χ0v) is 12.8. The van der Waals surface area contributed by atoms with Crippen molar-refractivity contribution in [1.82, 2.24) is 4.72 Å². The van der Waals surface area contributed by atoms with Crippen molar-refractivity contribution in [2.75, 3.05) is 18.0 Å². The summed E-state index contributed by atoms with van der Waals surface area (Å²) in [6, 6.07) is 4.41. The summed E-state index contributed by atoms with van der Waals surface area (Å²) in [6.07, 6.45) is 1.10. The van der Waals surface area contributed by atoms with Crippen molar-refractivity contribution < 1.29 is 16.8 Å². The number of anilines is 1. The van der Waals surface area contributed by atoms with Crippen LogP contribution in [0.5, 0.6) is 0 Å². The van der Waals surface area contributed by atoms with Gasteiger partial charge in [-0.1, -0.05) is 0 Å². The van der Waals surface area contributed by atoms with Gasteiger partial charge in [0.2, 0.25) is 10.0 Å². The van der Waals surface area contributed by atoms with E-state index in [-0.39, 0.29) is 17.2 Å². The van der Waals surface area contributed by atoms with Gasteiger partial charge in [-0.05, 0) is 43.5 Å². The average Bonchev–Trinajstić information content (AvgIpc) is 2.69. The fraction of sp³-hybridized carbons (Fsp3) is 0.500. The molecule has 1 heterocycles. The molecule has 0 bridgehead atoms. The Morgan fingerprint density at radius 2 is 2.10 bits per heavy atom. The predicted molar refractivity (Wildman–Crippen MR) is 77.6 cm³/mol. The number of hydrogen-bond donors (Lipinski definition) is 2. The molecule has 1 atom stereocenters. The molecule has 6 nitrogen and oxygen atoms in total. The molecule has 0 spiro atoms. The first kappa shape index (κ1) is 15.3. The molecule has 0 saturated carbocycles. The van der Waals surface area contributed by atoms with Crippen LogP contribution < -0.4 is 10.5 Å². The second-order valence-corrected chi connectivity index (χ2v) is 9.17. The molecule has 3 N–H and O–H groups in total. The molecule has 2 rings (SSSR count). The highest BCUT2D eigenvalue weighted by molar-refractivity contribution is 7.92. The Hall–Kier alpha value is -1.12. The van der Waals surface area contributed by atoms with Gasteiger partial charge in [0.1, 0.15) is 0 Å². The summed E-state index contributed by atoms with van der Waals surface area (Å²) >= 11 is 0. The van der Waals surface area contributed by atoms with Gasteiger partial charge in [-0.2, -0.15) is 0 Å². The van der Waals surface area contributed by atoms with E-state index >= 15 is 0 Å². The minimum atomic E-state index is -3.71. The van der Waals surface area contributed by atoms with Crippen molar-refractivity contribution >= 4 is 25.5 Å². The zero-order chi connectivity index (χ0) is 15.0. The lowest BCUT2D eigenvalue weighted by Crippen LogP contribution is -2.34. The Bertz CT molecular complexity index is 711. The number of hydrogen-bond acceptors (Lipinski definition) is 5. The normalized spacial score (nSPS) is 21.9. The van der Waals surface area contributed by atoms with Crippen LogP contribution in [0.2, 0.25) is 0 Å². The Kier molecular flexibility index (Phi) is 4.08. The van der Waals surface area contributed by atoms with E-state index in [0.717, 1.165) is 0 Å². The molecule has 0 radical (unpaired) electrons. The van der Waals surface area contributed by atoms with Crippen molar-refractivity contribution in [2.45, 2.75) is 29.9 Å². The lowest BCUT2D eigenvalue weighted by Gasteiger charge is -2.12. The highest BCUT2D eigenvalue weighted by Gasteiger charge is 2.32. The molecular formula is C12H18N2O4S2. The largest absolute Gasteiger partial charge is 0.399 e. The Balaban J connectivity index is 2.13. The molecule has 1 aromatic rings. The van der Waals surface area contributed by atoms with Crippen LogP contribution >= 0.6 is 0 Å². The predicted octanol–water partition coefficient (Wildman–Crippen LogP) is 0.433. The Labute approximate surface area is 119 Å². The van der Waals surface area contributed by atoms with E-state index in [2.05, 4.69) is 4.72 Å². The fourth-order valence-electron chi connectivity index (χ4n) is 2.19. The molecule has 8 heteroatoms. The molecule has 112 valence electrons. The van der Waals surface area contributed by atoms with Gasteiger partial charge < -0.3 is 5.73 Å². The van der Waals surface area contributed by atoms with Crippen molar-refractivity contribution in [3.05, 3.63) is 23.8 Å². The molecular weight excluding hydrogens is 300 g/mol. The molecule has 1 aromatic carbocycles. The molecule has 0 aromatic heterocycles. The monoisotopic (exact) mass is 318 g/mol. The first-order chi connectivity index (χ1) is 9.22. The summed E-state index contributed by atoms with van der Waals surface area (Å²) in [5.74, 6) is 0.139. The lowest BCUT2D eigenvalue weighted by molar-refractivity contribution is 0.571. The van der Waals surface area contributed by atoms with Crippen LogP contribution in [0.1, 0.15) is 18.4 Å². The quantitative estimate of drug-likeness (QED) is 0.783. The molecule has 1 unspecified atom stereocenters. The third kappa shape index (κ3) is 3.13. The smallest absolute Gasteiger partial charge is 0.240 e. The lowest BCUT2D eigenvalue weighted by atomic mass is 10.2. The van der Waals surface area contributed by atoms with E-state index in [1.165, 1.54) is 18.2 Å². The second kappa shape index (κ2) is 5.34. The zero-order valence-electron chi connectivity index (χ0n) is 11.2. The third-order valence-corrected chi connectivity index (χ3v) is 7.21. The summed E-state index contributed by atoms with van der Waals surface area (Å²) in [5, 5.41) is -0.618. The number of nitrogens with one attached hydrogen (secondary N) is 1. The average molecular weight is 318 g/mol. The molecule has 0 amide bonds. The van der Waals surface area contributed by atoms with Gasteiger partial charge in [0.05, 0.1) is 15.9 Å².